The third kappa shape index (κ3) is 2.60. The van der Waals surface area contributed by atoms with Crippen LogP contribution < -0.4 is 0 Å². The van der Waals surface area contributed by atoms with Gasteiger partial charge in [-0.3, -0.25) is 0 Å². The summed E-state index contributed by atoms with van der Waals surface area (Å²) < 4.78 is 10.4. The number of aromatic nitrogens is 1. The molecule has 3 rings (SSSR count). The van der Waals surface area contributed by atoms with Crippen molar-refractivity contribution >= 4 is 18.6 Å². The number of H-pyrrole nitrogens is 1. The highest BCUT2D eigenvalue weighted by Gasteiger charge is 2.44. The molecular formula is C14H19BNO2. The summed E-state index contributed by atoms with van der Waals surface area (Å²) in [5.74, 6) is 0. The first kappa shape index (κ1) is 13.2. The van der Waals surface area contributed by atoms with Gasteiger partial charge in [-0.2, -0.15) is 0 Å². The maximum absolute atomic E-state index is 5.21. The van der Waals surface area contributed by atoms with Gasteiger partial charge in [0.2, 0.25) is 0 Å². The summed E-state index contributed by atoms with van der Waals surface area (Å²) in [6, 6.07) is 10.3. The second-order valence-electron chi connectivity index (χ2n) is 5.42. The first-order chi connectivity index (χ1) is 8.42. The van der Waals surface area contributed by atoms with E-state index in [0.29, 0.717) is 0 Å². The molecule has 1 aliphatic heterocycles. The molecule has 1 aromatic heterocycles. The van der Waals surface area contributed by atoms with Crippen molar-refractivity contribution in [2.45, 2.75) is 38.9 Å². The fourth-order valence-electron chi connectivity index (χ4n) is 1.54. The summed E-state index contributed by atoms with van der Waals surface area (Å²) in [4.78, 5) is 3.12. The Morgan fingerprint density at radius 2 is 1.56 bits per heavy atom. The van der Waals surface area contributed by atoms with E-state index in [9.17, 15) is 0 Å². The summed E-state index contributed by atoms with van der Waals surface area (Å²) in [6.45, 7) is 8.04. The predicted octanol–water partition coefficient (Wildman–Crippen LogP) is 3.29. The van der Waals surface area contributed by atoms with E-state index in [-0.39, 0.29) is 11.2 Å². The fraction of sp³-hybridized carbons (Fsp3) is 0.429. The van der Waals surface area contributed by atoms with Gasteiger partial charge in [-0.25, -0.2) is 0 Å². The van der Waals surface area contributed by atoms with Gasteiger partial charge in [0.1, 0.15) is 0 Å². The predicted molar refractivity (Wildman–Crippen MR) is 74.4 cm³/mol. The van der Waals surface area contributed by atoms with Crippen molar-refractivity contribution in [3.8, 4) is 0 Å². The minimum atomic E-state index is -0.188. The van der Waals surface area contributed by atoms with Crippen molar-refractivity contribution in [1.82, 2.24) is 4.98 Å². The van der Waals surface area contributed by atoms with E-state index in [1.165, 1.54) is 18.6 Å². The van der Waals surface area contributed by atoms with E-state index in [2.05, 4.69) is 23.2 Å². The molecule has 0 atom stereocenters. The minimum absolute atomic E-state index is 0.187. The number of para-hydroxylation sites is 1. The summed E-state index contributed by atoms with van der Waals surface area (Å²) in [7, 11) is 1.42. The van der Waals surface area contributed by atoms with E-state index in [4.69, 9.17) is 9.31 Å². The van der Waals surface area contributed by atoms with Gasteiger partial charge in [-0.05, 0) is 45.2 Å². The lowest BCUT2D eigenvalue weighted by Crippen LogP contribution is -2.41. The molecule has 1 aliphatic rings. The third-order valence-corrected chi connectivity index (χ3v) is 3.60. The molecule has 0 bridgehead atoms. The van der Waals surface area contributed by atoms with E-state index >= 15 is 0 Å². The molecular weight excluding hydrogens is 225 g/mol. The minimum Gasteiger partial charge on any atom is -0.405 e. The molecule has 1 radical (unpaired) electrons. The Bertz CT molecular complexity index is 475. The van der Waals surface area contributed by atoms with Crippen LogP contribution >= 0.6 is 0 Å². The van der Waals surface area contributed by atoms with Crippen molar-refractivity contribution in [3.63, 3.8) is 0 Å². The maximum atomic E-state index is 5.21. The van der Waals surface area contributed by atoms with Crippen LogP contribution in [-0.4, -0.2) is 23.9 Å². The number of hydrogen-bond donors (Lipinski definition) is 1. The van der Waals surface area contributed by atoms with Crippen LogP contribution in [-0.2, 0) is 9.31 Å². The summed E-state index contributed by atoms with van der Waals surface area (Å²) >= 11 is 0. The molecule has 95 valence electrons. The number of hydrogen-bond acceptors (Lipinski definition) is 2. The molecule has 18 heavy (non-hydrogen) atoms. The highest BCUT2D eigenvalue weighted by atomic mass is 16.7. The van der Waals surface area contributed by atoms with Crippen LogP contribution in [0.5, 0.6) is 0 Å². The Morgan fingerprint density at radius 3 is 2.06 bits per heavy atom. The lowest BCUT2D eigenvalue weighted by molar-refractivity contribution is 0.00578. The second kappa shape index (κ2) is 4.79. The average Bonchev–Trinajstić information content (AvgIpc) is 2.85. The summed E-state index contributed by atoms with van der Waals surface area (Å²) in [5, 5.41) is 1.28. The van der Waals surface area contributed by atoms with Gasteiger partial charge in [-0.1, -0.05) is 18.2 Å². The molecule has 1 N–H and O–H groups in total. The number of rotatable bonds is 0. The Hall–Kier alpha value is -1.26. The third-order valence-electron chi connectivity index (χ3n) is 3.60. The molecule has 0 spiro atoms. The largest absolute Gasteiger partial charge is 0.488 e. The van der Waals surface area contributed by atoms with Gasteiger partial charge < -0.3 is 14.3 Å². The van der Waals surface area contributed by atoms with E-state index in [0.717, 1.165) is 0 Å². The molecule has 2 heterocycles. The zero-order valence-corrected chi connectivity index (χ0v) is 11.4. The molecule has 0 unspecified atom stereocenters. The molecule has 0 saturated carbocycles. The SMILES string of the molecule is CC1(C)O[B]OC1(C)C.c1ccc2[nH]ccc2c1. The van der Waals surface area contributed by atoms with Crippen LogP contribution in [0.3, 0.4) is 0 Å². The Balaban J connectivity index is 0.000000134. The number of benzene rings is 1. The van der Waals surface area contributed by atoms with Crippen molar-refractivity contribution in [3.05, 3.63) is 36.5 Å². The molecule has 1 fully saturated rings. The van der Waals surface area contributed by atoms with Crippen molar-refractivity contribution in [2.75, 3.05) is 0 Å². The highest BCUT2D eigenvalue weighted by molar-refractivity contribution is 6.19. The lowest BCUT2D eigenvalue weighted by atomic mass is 9.90. The second-order valence-corrected chi connectivity index (χ2v) is 5.42. The Kier molecular flexibility index (Phi) is 3.50. The molecule has 4 heteroatoms. The van der Waals surface area contributed by atoms with Crippen LogP contribution in [0.1, 0.15) is 27.7 Å². The smallest absolute Gasteiger partial charge is 0.405 e. The van der Waals surface area contributed by atoms with Gasteiger partial charge in [0.15, 0.2) is 0 Å². The zero-order valence-electron chi connectivity index (χ0n) is 11.4. The molecule has 2 aromatic rings. The lowest BCUT2D eigenvalue weighted by Gasteiger charge is -2.32. The molecule has 1 saturated heterocycles. The van der Waals surface area contributed by atoms with E-state index in [1.54, 1.807) is 0 Å². The van der Waals surface area contributed by atoms with Gasteiger partial charge in [0.05, 0.1) is 11.2 Å². The molecule has 0 aliphatic carbocycles. The maximum Gasteiger partial charge on any atom is 0.488 e. The van der Waals surface area contributed by atoms with Crippen LogP contribution in [0.4, 0.5) is 0 Å². The summed E-state index contributed by atoms with van der Waals surface area (Å²) in [6.07, 6.45) is 1.95. The molecule has 3 nitrogen and oxygen atoms in total. The van der Waals surface area contributed by atoms with Crippen LogP contribution in [0.2, 0.25) is 0 Å². The first-order valence-electron chi connectivity index (χ1n) is 6.12. The zero-order chi connectivity index (χ0) is 13.2. The monoisotopic (exact) mass is 244 g/mol. The first-order valence-corrected chi connectivity index (χ1v) is 6.12. The van der Waals surface area contributed by atoms with Crippen molar-refractivity contribution < 1.29 is 9.31 Å². The number of fused-ring (bicyclic) bond motifs is 1. The van der Waals surface area contributed by atoms with E-state index < -0.39 is 0 Å². The van der Waals surface area contributed by atoms with Gasteiger partial charge >= 0.3 is 7.69 Å². The number of aromatic amines is 1. The number of nitrogens with one attached hydrogen (secondary N) is 1. The van der Waals surface area contributed by atoms with Crippen molar-refractivity contribution in [2.24, 2.45) is 0 Å². The van der Waals surface area contributed by atoms with Crippen LogP contribution in [0.25, 0.3) is 10.9 Å². The Morgan fingerprint density at radius 1 is 0.944 bits per heavy atom. The summed E-state index contributed by atoms with van der Waals surface area (Å²) in [5.41, 5.74) is 0.831. The van der Waals surface area contributed by atoms with Crippen LogP contribution in [0.15, 0.2) is 36.5 Å². The standard InChI is InChI=1S/C8H7N.C6H12BO2/c1-2-4-8-7(3-1)5-6-9-8;1-5(2)6(3,4)9-7-8-5/h1-6,9H;1-4H3. The van der Waals surface area contributed by atoms with Crippen molar-refractivity contribution in [1.29, 1.82) is 0 Å². The quantitative estimate of drug-likeness (QED) is 0.721. The fourth-order valence-corrected chi connectivity index (χ4v) is 1.54. The topological polar surface area (TPSA) is 34.2 Å². The normalized spacial score (nSPS) is 20.0. The van der Waals surface area contributed by atoms with Gasteiger partial charge in [0.25, 0.3) is 0 Å². The average molecular weight is 244 g/mol. The molecule has 1 aromatic carbocycles. The highest BCUT2D eigenvalue weighted by Crippen LogP contribution is 2.33. The van der Waals surface area contributed by atoms with Gasteiger partial charge in [-0.15, -0.1) is 0 Å². The molecule has 0 amide bonds. The van der Waals surface area contributed by atoms with E-state index in [1.807, 2.05) is 46.0 Å². The van der Waals surface area contributed by atoms with Gasteiger partial charge in [0, 0.05) is 11.7 Å². The van der Waals surface area contributed by atoms with Crippen LogP contribution in [0, 0.1) is 0 Å². The Labute approximate surface area is 109 Å².